The third-order valence-corrected chi connectivity index (χ3v) is 5.29. The van der Waals surface area contributed by atoms with Crippen LogP contribution < -0.4 is 10.6 Å². The van der Waals surface area contributed by atoms with Crippen molar-refractivity contribution in [3.05, 3.63) is 24.2 Å². The smallest absolute Gasteiger partial charge is 0.317 e. The fourth-order valence-electron chi connectivity index (χ4n) is 4.44. The van der Waals surface area contributed by atoms with Crippen LogP contribution in [0.25, 0.3) is 0 Å². The Kier molecular flexibility index (Phi) is 5.51. The molecule has 1 aromatic heterocycles. The average Bonchev–Trinajstić information content (AvgIpc) is 3.10. The van der Waals surface area contributed by atoms with Gasteiger partial charge in [-0.05, 0) is 52.7 Å². The van der Waals surface area contributed by atoms with Gasteiger partial charge in [-0.25, -0.2) is 4.79 Å². The van der Waals surface area contributed by atoms with Gasteiger partial charge >= 0.3 is 6.03 Å². The van der Waals surface area contributed by atoms with Crippen LogP contribution in [0.4, 0.5) is 4.79 Å². The minimum atomic E-state index is -0.0956. The van der Waals surface area contributed by atoms with Crippen molar-refractivity contribution < 1.29 is 14.0 Å². The summed E-state index contributed by atoms with van der Waals surface area (Å²) in [6.07, 6.45) is 3.03. The Morgan fingerprint density at radius 1 is 1.15 bits per heavy atom. The highest BCUT2D eigenvalue weighted by atomic mass is 16.3. The first-order valence-electron chi connectivity index (χ1n) is 9.78. The summed E-state index contributed by atoms with van der Waals surface area (Å²) in [5.74, 6) is 0.967. The van der Waals surface area contributed by atoms with E-state index in [1.54, 1.807) is 17.2 Å². The Morgan fingerprint density at radius 2 is 1.78 bits per heavy atom. The maximum absolute atomic E-state index is 13.1. The number of rotatable bonds is 3. The minimum absolute atomic E-state index is 0.00354. The molecule has 0 unspecified atom stereocenters. The number of piperidine rings is 1. The molecule has 2 aliphatic rings. The Labute approximate surface area is 161 Å². The molecule has 0 atom stereocenters. The largest absolute Gasteiger partial charge is 0.467 e. The zero-order valence-corrected chi connectivity index (χ0v) is 16.9. The number of nitrogens with one attached hydrogen (secondary N) is 2. The molecule has 2 N–H and O–H groups in total. The van der Waals surface area contributed by atoms with Gasteiger partial charge < -0.3 is 24.9 Å². The number of urea groups is 1. The summed E-state index contributed by atoms with van der Waals surface area (Å²) in [5, 5.41) is 6.48. The second kappa shape index (κ2) is 7.54. The predicted molar refractivity (Wildman–Crippen MR) is 103 cm³/mol. The first kappa shape index (κ1) is 19.7. The molecule has 2 saturated heterocycles. The van der Waals surface area contributed by atoms with E-state index in [-0.39, 0.29) is 28.9 Å². The van der Waals surface area contributed by atoms with Crippen molar-refractivity contribution in [1.82, 2.24) is 20.4 Å². The lowest BCUT2D eigenvalue weighted by Crippen LogP contribution is -2.68. The van der Waals surface area contributed by atoms with Crippen molar-refractivity contribution in [2.24, 2.45) is 5.92 Å². The molecule has 7 heteroatoms. The molecule has 0 radical (unpaired) electrons. The molecule has 3 amide bonds. The summed E-state index contributed by atoms with van der Waals surface area (Å²) < 4.78 is 5.23. The van der Waals surface area contributed by atoms with Crippen molar-refractivity contribution in [2.75, 3.05) is 26.2 Å². The van der Waals surface area contributed by atoms with E-state index in [4.69, 9.17) is 4.42 Å². The highest BCUT2D eigenvalue weighted by molar-refractivity contribution is 5.80. The zero-order chi connectivity index (χ0) is 19.7. The molecule has 150 valence electrons. The van der Waals surface area contributed by atoms with Crippen LogP contribution in [-0.4, -0.2) is 59.0 Å². The van der Waals surface area contributed by atoms with Crippen LogP contribution in [0.1, 0.15) is 46.3 Å². The van der Waals surface area contributed by atoms with Crippen LogP contribution in [0.15, 0.2) is 22.8 Å². The number of nitrogens with zero attached hydrogens (tertiary/aromatic N) is 2. The van der Waals surface area contributed by atoms with Crippen LogP contribution in [0, 0.1) is 5.92 Å². The maximum Gasteiger partial charge on any atom is 0.317 e. The van der Waals surface area contributed by atoms with E-state index in [2.05, 4.69) is 38.3 Å². The summed E-state index contributed by atoms with van der Waals surface area (Å²) in [5.41, 5.74) is -0.187. The van der Waals surface area contributed by atoms with Crippen LogP contribution >= 0.6 is 0 Å². The topological polar surface area (TPSA) is 77.8 Å². The van der Waals surface area contributed by atoms with Crippen molar-refractivity contribution in [1.29, 1.82) is 0 Å². The Morgan fingerprint density at radius 3 is 2.33 bits per heavy atom. The Bertz CT molecular complexity index is 645. The van der Waals surface area contributed by atoms with Gasteiger partial charge in [0.1, 0.15) is 5.76 Å². The van der Waals surface area contributed by atoms with Gasteiger partial charge in [0.05, 0.1) is 12.8 Å². The third-order valence-electron chi connectivity index (χ3n) is 5.29. The first-order valence-corrected chi connectivity index (χ1v) is 9.78. The lowest BCUT2D eigenvalue weighted by molar-refractivity contribution is -0.141. The molecule has 27 heavy (non-hydrogen) atoms. The second-order valence-electron chi connectivity index (χ2n) is 9.09. The summed E-state index contributed by atoms with van der Waals surface area (Å²) in [6, 6.07) is 3.54. The van der Waals surface area contributed by atoms with Gasteiger partial charge in [-0.2, -0.15) is 0 Å². The van der Waals surface area contributed by atoms with Crippen molar-refractivity contribution >= 4 is 11.9 Å². The van der Waals surface area contributed by atoms with Gasteiger partial charge in [0.15, 0.2) is 0 Å². The molecule has 0 aliphatic carbocycles. The van der Waals surface area contributed by atoms with Crippen molar-refractivity contribution in [2.45, 2.75) is 58.2 Å². The standard InChI is InChI=1S/C20H32N4O3/c1-19(2)13-24(14-20(3,4)22-19)17(25)15-7-9-23(10-8-15)18(26)21-12-16-6-5-11-27-16/h5-6,11,15,22H,7-10,12-14H2,1-4H3,(H,21,26). The lowest BCUT2D eigenvalue weighted by atomic mass is 9.88. The Hall–Kier alpha value is -2.02. The van der Waals surface area contributed by atoms with Gasteiger partial charge in [0.2, 0.25) is 5.91 Å². The molecule has 0 aromatic carbocycles. The summed E-state index contributed by atoms with van der Waals surface area (Å²) >= 11 is 0. The zero-order valence-electron chi connectivity index (χ0n) is 16.9. The van der Waals surface area contributed by atoms with Gasteiger partial charge in [-0.15, -0.1) is 0 Å². The molecule has 0 bridgehead atoms. The van der Waals surface area contributed by atoms with E-state index in [1.807, 2.05) is 11.0 Å². The average molecular weight is 377 g/mol. The molecule has 3 heterocycles. The Balaban J connectivity index is 1.49. The molecular formula is C20H32N4O3. The fraction of sp³-hybridized carbons (Fsp3) is 0.700. The van der Waals surface area contributed by atoms with Gasteiger partial charge in [0, 0.05) is 43.2 Å². The summed E-state index contributed by atoms with van der Waals surface area (Å²) in [4.78, 5) is 29.2. The SMILES string of the molecule is CC1(C)CN(C(=O)C2CCN(C(=O)NCc3ccco3)CC2)CC(C)(C)N1. The molecule has 0 spiro atoms. The number of likely N-dealkylation sites (tertiary alicyclic amines) is 1. The predicted octanol–water partition coefficient (Wildman–Crippen LogP) is 2.19. The molecule has 2 aliphatic heterocycles. The third kappa shape index (κ3) is 5.03. The van der Waals surface area contributed by atoms with E-state index >= 15 is 0 Å². The molecular weight excluding hydrogens is 344 g/mol. The number of carbonyl (C=O) groups is 2. The summed E-state index contributed by atoms with van der Waals surface area (Å²) in [6.45, 7) is 11.6. The highest BCUT2D eigenvalue weighted by Gasteiger charge is 2.40. The minimum Gasteiger partial charge on any atom is -0.467 e. The normalized spacial score (nSPS) is 22.5. The quantitative estimate of drug-likeness (QED) is 0.848. The number of amides is 3. The number of furan rings is 1. The van der Waals surface area contributed by atoms with Gasteiger partial charge in [-0.3, -0.25) is 4.79 Å². The number of carbonyl (C=O) groups excluding carboxylic acids is 2. The number of hydrogen-bond donors (Lipinski definition) is 2. The van der Waals surface area contributed by atoms with E-state index in [0.29, 0.717) is 19.6 Å². The lowest BCUT2D eigenvalue weighted by Gasteiger charge is -2.49. The van der Waals surface area contributed by atoms with Crippen LogP contribution in [0.3, 0.4) is 0 Å². The fourth-order valence-corrected chi connectivity index (χ4v) is 4.44. The molecule has 0 saturated carbocycles. The second-order valence-corrected chi connectivity index (χ2v) is 9.09. The molecule has 2 fully saturated rings. The van der Waals surface area contributed by atoms with Crippen LogP contribution in [0.5, 0.6) is 0 Å². The first-order chi connectivity index (χ1) is 12.7. The molecule has 3 rings (SSSR count). The van der Waals surface area contributed by atoms with Crippen molar-refractivity contribution in [3.63, 3.8) is 0 Å². The number of hydrogen-bond acceptors (Lipinski definition) is 4. The molecule has 7 nitrogen and oxygen atoms in total. The monoisotopic (exact) mass is 376 g/mol. The van der Waals surface area contributed by atoms with Crippen LogP contribution in [0.2, 0.25) is 0 Å². The van der Waals surface area contributed by atoms with E-state index in [9.17, 15) is 9.59 Å². The maximum atomic E-state index is 13.1. The van der Waals surface area contributed by atoms with E-state index in [1.165, 1.54) is 0 Å². The van der Waals surface area contributed by atoms with Gasteiger partial charge in [0.25, 0.3) is 0 Å². The van der Waals surface area contributed by atoms with Crippen LogP contribution in [-0.2, 0) is 11.3 Å². The molecule has 1 aromatic rings. The highest BCUT2D eigenvalue weighted by Crippen LogP contribution is 2.26. The van der Waals surface area contributed by atoms with Gasteiger partial charge in [-0.1, -0.05) is 0 Å². The van der Waals surface area contributed by atoms with E-state index in [0.717, 1.165) is 31.7 Å². The van der Waals surface area contributed by atoms with E-state index < -0.39 is 0 Å². The number of piperazine rings is 1. The summed E-state index contributed by atoms with van der Waals surface area (Å²) in [7, 11) is 0. The van der Waals surface area contributed by atoms with Crippen molar-refractivity contribution in [3.8, 4) is 0 Å².